The molecule has 23 heavy (non-hydrogen) atoms. The van der Waals surface area contributed by atoms with Gasteiger partial charge in [-0.3, -0.25) is 0 Å². The molecule has 0 unspecified atom stereocenters. The summed E-state index contributed by atoms with van der Waals surface area (Å²) in [5.41, 5.74) is 7.02. The molecule has 4 heteroatoms. The maximum Gasteiger partial charge on any atom is 0.0902 e. The highest BCUT2D eigenvalue weighted by molar-refractivity contribution is 9.11. The minimum atomic E-state index is 0.585. The van der Waals surface area contributed by atoms with Crippen LogP contribution in [-0.2, 0) is 0 Å². The van der Waals surface area contributed by atoms with E-state index < -0.39 is 0 Å². The fraction of sp³-hybridized carbons (Fsp3) is 0.474. The van der Waals surface area contributed by atoms with Crippen LogP contribution in [0.3, 0.4) is 0 Å². The van der Waals surface area contributed by atoms with E-state index in [9.17, 15) is 0 Å². The van der Waals surface area contributed by atoms with Gasteiger partial charge in [0, 0.05) is 34.9 Å². The fourth-order valence-corrected chi connectivity index (χ4v) is 5.59. The smallest absolute Gasteiger partial charge is 0.0902 e. The molecule has 1 aromatic rings. The molecule has 0 N–H and O–H groups in total. The van der Waals surface area contributed by atoms with Gasteiger partial charge in [0.05, 0.1) is 6.67 Å². The Bertz CT molecular complexity index is 668. The summed E-state index contributed by atoms with van der Waals surface area (Å²) >= 11 is 7.28. The molecule has 1 aliphatic carbocycles. The van der Waals surface area contributed by atoms with Crippen molar-refractivity contribution in [3.05, 3.63) is 49.6 Å². The number of rotatable bonds is 2. The molecule has 3 rings (SSSR count). The molecule has 1 saturated heterocycles. The van der Waals surface area contributed by atoms with Crippen molar-refractivity contribution in [3.8, 4) is 0 Å². The third kappa shape index (κ3) is 3.39. The minimum absolute atomic E-state index is 0.585. The highest BCUT2D eigenvalue weighted by atomic mass is 79.9. The predicted molar refractivity (Wildman–Crippen MR) is 106 cm³/mol. The average molecular weight is 440 g/mol. The molecule has 0 bridgehead atoms. The molecule has 1 fully saturated rings. The summed E-state index contributed by atoms with van der Waals surface area (Å²) in [5.74, 6) is 0.585. The van der Waals surface area contributed by atoms with Crippen LogP contribution in [0.2, 0.25) is 0 Å². The van der Waals surface area contributed by atoms with Crippen LogP contribution < -0.4 is 4.90 Å². The summed E-state index contributed by atoms with van der Waals surface area (Å²) in [7, 11) is 0. The van der Waals surface area contributed by atoms with Crippen molar-refractivity contribution in [2.45, 2.75) is 34.1 Å². The number of aryl methyl sites for hydroxylation is 2. The molecular weight excluding hydrogens is 416 g/mol. The molecule has 0 aromatic heterocycles. The highest BCUT2D eigenvalue weighted by Crippen LogP contribution is 2.37. The second-order valence-corrected chi connectivity index (χ2v) is 8.76. The van der Waals surface area contributed by atoms with Crippen molar-refractivity contribution in [2.24, 2.45) is 5.92 Å². The number of halogens is 2. The van der Waals surface area contributed by atoms with Crippen LogP contribution in [0, 0.1) is 19.8 Å². The normalized spacial score (nSPS) is 22.0. The number of benzene rings is 1. The zero-order valence-electron chi connectivity index (χ0n) is 14.3. The Labute approximate surface area is 156 Å². The summed E-state index contributed by atoms with van der Waals surface area (Å²) in [6.45, 7) is 12.2. The van der Waals surface area contributed by atoms with Gasteiger partial charge in [0.2, 0.25) is 0 Å². The van der Waals surface area contributed by atoms with Crippen LogP contribution in [0.4, 0.5) is 5.69 Å². The molecule has 1 atom stereocenters. The van der Waals surface area contributed by atoms with Gasteiger partial charge in [-0.15, -0.1) is 0 Å². The summed E-state index contributed by atoms with van der Waals surface area (Å²) < 4.78 is 2.49. The minimum Gasteiger partial charge on any atom is -0.355 e. The molecule has 0 spiro atoms. The van der Waals surface area contributed by atoms with Crippen LogP contribution >= 0.6 is 31.9 Å². The van der Waals surface area contributed by atoms with Gasteiger partial charge in [-0.25, -0.2) is 0 Å². The third-order valence-corrected chi connectivity index (χ3v) is 5.85. The predicted octanol–water partition coefficient (Wildman–Crippen LogP) is 5.74. The Morgan fingerprint density at radius 2 is 1.61 bits per heavy atom. The van der Waals surface area contributed by atoms with Crippen LogP contribution in [0.15, 0.2) is 38.4 Å². The first kappa shape index (κ1) is 17.1. The maximum absolute atomic E-state index is 3.67. The van der Waals surface area contributed by atoms with Crippen molar-refractivity contribution in [1.82, 2.24) is 4.90 Å². The molecule has 0 radical (unpaired) electrons. The Morgan fingerprint density at radius 3 is 2.22 bits per heavy atom. The van der Waals surface area contributed by atoms with Gasteiger partial charge in [0.25, 0.3) is 0 Å². The first-order valence-corrected chi connectivity index (χ1v) is 9.79. The van der Waals surface area contributed by atoms with Crippen molar-refractivity contribution >= 4 is 37.5 Å². The molecule has 1 aliphatic heterocycles. The second kappa shape index (κ2) is 6.64. The average Bonchev–Trinajstić information content (AvgIpc) is 2.85. The maximum atomic E-state index is 3.67. The molecule has 0 amide bonds. The van der Waals surface area contributed by atoms with E-state index in [1.807, 2.05) is 0 Å². The summed E-state index contributed by atoms with van der Waals surface area (Å²) in [6, 6.07) is 4.44. The molecule has 0 saturated carbocycles. The standard InChI is InChI=1S/C19H24Br2N2/c1-12-7-16(20)8-13(2)18(12)22-5-6-23(11-22)19-14(3)9-17(21)10-15(19)4/h7-9,15H,5-6,10-11H2,1-4H3/t15-/m0/s1. The molecular formula is C19H24Br2N2. The molecule has 2 nitrogen and oxygen atoms in total. The number of hydrogen-bond acceptors (Lipinski definition) is 2. The van der Waals surface area contributed by atoms with Crippen molar-refractivity contribution in [2.75, 3.05) is 24.7 Å². The van der Waals surface area contributed by atoms with Crippen molar-refractivity contribution in [1.29, 1.82) is 0 Å². The van der Waals surface area contributed by atoms with Gasteiger partial charge in [-0.05, 0) is 66.6 Å². The van der Waals surface area contributed by atoms with E-state index in [4.69, 9.17) is 0 Å². The Morgan fingerprint density at radius 1 is 1.00 bits per heavy atom. The lowest BCUT2D eigenvalue weighted by Crippen LogP contribution is -2.29. The first-order valence-electron chi connectivity index (χ1n) is 8.20. The quantitative estimate of drug-likeness (QED) is 0.579. The highest BCUT2D eigenvalue weighted by Gasteiger charge is 2.29. The number of anilines is 1. The third-order valence-electron chi connectivity index (χ3n) is 4.84. The Kier molecular flexibility index (Phi) is 4.93. The van der Waals surface area contributed by atoms with E-state index in [0.717, 1.165) is 26.2 Å². The number of hydrogen-bond donors (Lipinski definition) is 0. The zero-order valence-corrected chi connectivity index (χ0v) is 17.5. The van der Waals surface area contributed by atoms with E-state index in [0.29, 0.717) is 5.92 Å². The lowest BCUT2D eigenvalue weighted by molar-refractivity contribution is 0.366. The van der Waals surface area contributed by atoms with Crippen LogP contribution in [0.25, 0.3) is 0 Å². The van der Waals surface area contributed by atoms with E-state index >= 15 is 0 Å². The van der Waals surface area contributed by atoms with Gasteiger partial charge >= 0.3 is 0 Å². The van der Waals surface area contributed by atoms with Crippen LogP contribution in [0.5, 0.6) is 0 Å². The van der Waals surface area contributed by atoms with Gasteiger partial charge in [0.15, 0.2) is 0 Å². The largest absolute Gasteiger partial charge is 0.355 e. The molecule has 1 heterocycles. The first-order chi connectivity index (χ1) is 10.9. The summed E-state index contributed by atoms with van der Waals surface area (Å²) in [4.78, 5) is 5.09. The topological polar surface area (TPSA) is 6.48 Å². The van der Waals surface area contributed by atoms with Gasteiger partial charge in [-0.2, -0.15) is 0 Å². The van der Waals surface area contributed by atoms with Crippen LogP contribution in [0.1, 0.15) is 31.4 Å². The van der Waals surface area contributed by atoms with Crippen molar-refractivity contribution in [3.63, 3.8) is 0 Å². The van der Waals surface area contributed by atoms with Crippen LogP contribution in [-0.4, -0.2) is 24.7 Å². The van der Waals surface area contributed by atoms with Gasteiger partial charge in [-0.1, -0.05) is 38.8 Å². The zero-order chi connectivity index (χ0) is 16.7. The van der Waals surface area contributed by atoms with E-state index in [2.05, 4.69) is 87.6 Å². The van der Waals surface area contributed by atoms with Crippen molar-refractivity contribution < 1.29 is 0 Å². The Hall–Kier alpha value is -0.740. The molecule has 1 aromatic carbocycles. The van der Waals surface area contributed by atoms with E-state index in [-0.39, 0.29) is 0 Å². The summed E-state index contributed by atoms with van der Waals surface area (Å²) in [5, 5.41) is 0. The van der Waals surface area contributed by atoms with E-state index in [1.165, 1.54) is 37.0 Å². The lowest BCUT2D eigenvalue weighted by Gasteiger charge is -2.32. The fourth-order valence-electron chi connectivity index (χ4n) is 4.08. The van der Waals surface area contributed by atoms with Gasteiger partial charge < -0.3 is 9.80 Å². The summed E-state index contributed by atoms with van der Waals surface area (Å²) in [6.07, 6.45) is 3.40. The number of nitrogens with zero attached hydrogens (tertiary/aromatic N) is 2. The SMILES string of the molecule is CC1=C(N2CCN(c3c(C)cc(Br)cc3C)C2)[C@@H](C)CC(Br)=C1. The molecule has 2 aliphatic rings. The Balaban J connectivity index is 1.86. The lowest BCUT2D eigenvalue weighted by atomic mass is 9.93. The number of allylic oxidation sites excluding steroid dienone is 4. The monoisotopic (exact) mass is 438 g/mol. The van der Waals surface area contributed by atoms with Gasteiger partial charge in [0.1, 0.15) is 0 Å². The molecule has 124 valence electrons. The van der Waals surface area contributed by atoms with E-state index in [1.54, 1.807) is 0 Å². The second-order valence-electron chi connectivity index (χ2n) is 6.82.